The summed E-state index contributed by atoms with van der Waals surface area (Å²) in [5.74, 6) is 1.59. The Bertz CT molecular complexity index is 870. The number of benzene rings is 1. The van der Waals surface area contributed by atoms with Crippen LogP contribution in [-0.2, 0) is 29.1 Å². The van der Waals surface area contributed by atoms with Gasteiger partial charge < -0.3 is 19.1 Å². The molecule has 8 nitrogen and oxygen atoms in total. The van der Waals surface area contributed by atoms with E-state index in [0.29, 0.717) is 24.0 Å². The topological polar surface area (TPSA) is 97.1 Å². The molecule has 3 rings (SSSR count). The molecule has 0 saturated carbocycles. The van der Waals surface area contributed by atoms with E-state index >= 15 is 0 Å². The summed E-state index contributed by atoms with van der Waals surface area (Å²) in [7, 11) is 1.68. The normalized spacial score (nSPS) is 11.2. The number of nitrogens with zero attached hydrogens (tertiary/aromatic N) is 4. The first-order chi connectivity index (χ1) is 12.1. The summed E-state index contributed by atoms with van der Waals surface area (Å²) in [6.45, 7) is 4.43. The molecule has 8 heteroatoms. The van der Waals surface area contributed by atoms with Gasteiger partial charge in [0, 0.05) is 13.5 Å². The first-order valence-electron chi connectivity index (χ1n) is 8.14. The number of fused-ring (bicyclic) bond motifs is 1. The van der Waals surface area contributed by atoms with Gasteiger partial charge in [-0.25, -0.2) is 4.98 Å². The van der Waals surface area contributed by atoms with Crippen LogP contribution in [0.1, 0.15) is 30.0 Å². The van der Waals surface area contributed by atoms with Gasteiger partial charge in [0.05, 0.1) is 17.6 Å². The SMILES string of the molecule is CCc1nc(CN(C)C(=O)COCc2nc3c(C)cccc3[nH]2)no1. The number of hydrogen-bond acceptors (Lipinski definition) is 6. The number of likely N-dealkylation sites (N-methyl/N-ethyl adjacent to an activating group) is 1. The van der Waals surface area contributed by atoms with Crippen LogP contribution in [0.3, 0.4) is 0 Å². The van der Waals surface area contributed by atoms with Crippen molar-refractivity contribution in [2.75, 3.05) is 13.7 Å². The molecule has 132 valence electrons. The van der Waals surface area contributed by atoms with E-state index in [1.807, 2.05) is 32.0 Å². The summed E-state index contributed by atoms with van der Waals surface area (Å²) in [5.41, 5.74) is 2.99. The Morgan fingerprint density at radius 3 is 2.92 bits per heavy atom. The molecule has 1 amide bonds. The lowest BCUT2D eigenvalue weighted by atomic mass is 10.2. The fourth-order valence-electron chi connectivity index (χ4n) is 2.44. The molecule has 2 aromatic heterocycles. The van der Waals surface area contributed by atoms with Crippen molar-refractivity contribution in [3.05, 3.63) is 41.3 Å². The average Bonchev–Trinajstić information content (AvgIpc) is 3.22. The van der Waals surface area contributed by atoms with Crippen LogP contribution in [0, 0.1) is 6.92 Å². The Kier molecular flexibility index (Phi) is 5.08. The van der Waals surface area contributed by atoms with Gasteiger partial charge in [-0.05, 0) is 18.6 Å². The number of aromatic nitrogens is 4. The van der Waals surface area contributed by atoms with E-state index in [9.17, 15) is 4.79 Å². The Balaban J connectivity index is 1.50. The van der Waals surface area contributed by atoms with Crippen LogP contribution in [0.2, 0.25) is 0 Å². The number of aromatic amines is 1. The van der Waals surface area contributed by atoms with Crippen LogP contribution in [-0.4, -0.2) is 44.6 Å². The van der Waals surface area contributed by atoms with Crippen LogP contribution in [0.15, 0.2) is 22.7 Å². The minimum atomic E-state index is -0.157. The molecule has 0 spiro atoms. The van der Waals surface area contributed by atoms with Crippen molar-refractivity contribution in [1.29, 1.82) is 0 Å². The molecular weight excluding hydrogens is 322 g/mol. The van der Waals surface area contributed by atoms with Gasteiger partial charge >= 0.3 is 0 Å². The van der Waals surface area contributed by atoms with E-state index in [1.54, 1.807) is 7.05 Å². The summed E-state index contributed by atoms with van der Waals surface area (Å²) in [6.07, 6.45) is 0.671. The van der Waals surface area contributed by atoms with Crippen molar-refractivity contribution < 1.29 is 14.1 Å². The maximum atomic E-state index is 12.1. The molecule has 0 unspecified atom stereocenters. The number of amides is 1. The Labute approximate surface area is 145 Å². The van der Waals surface area contributed by atoms with E-state index in [0.717, 1.165) is 16.6 Å². The van der Waals surface area contributed by atoms with Gasteiger partial charge in [-0.15, -0.1) is 0 Å². The van der Waals surface area contributed by atoms with Gasteiger partial charge in [0.1, 0.15) is 19.0 Å². The second-order valence-electron chi connectivity index (χ2n) is 5.86. The molecule has 0 aliphatic heterocycles. The van der Waals surface area contributed by atoms with E-state index in [4.69, 9.17) is 9.26 Å². The predicted molar refractivity (Wildman–Crippen MR) is 90.6 cm³/mol. The van der Waals surface area contributed by atoms with Crippen molar-refractivity contribution in [2.24, 2.45) is 0 Å². The van der Waals surface area contributed by atoms with E-state index in [-0.39, 0.29) is 25.7 Å². The third-order valence-corrected chi connectivity index (χ3v) is 3.84. The minimum absolute atomic E-state index is 0.0367. The van der Waals surface area contributed by atoms with Crippen molar-refractivity contribution >= 4 is 16.9 Å². The van der Waals surface area contributed by atoms with Crippen molar-refractivity contribution in [3.8, 4) is 0 Å². The number of nitrogens with one attached hydrogen (secondary N) is 1. The largest absolute Gasteiger partial charge is 0.364 e. The maximum Gasteiger partial charge on any atom is 0.248 e. The third kappa shape index (κ3) is 4.03. The number of ether oxygens (including phenoxy) is 1. The molecule has 0 aliphatic rings. The number of hydrogen-bond donors (Lipinski definition) is 1. The quantitative estimate of drug-likeness (QED) is 0.704. The second kappa shape index (κ2) is 7.43. The molecule has 0 saturated heterocycles. The van der Waals surface area contributed by atoms with Gasteiger partial charge in [-0.3, -0.25) is 4.79 Å². The molecule has 0 bridgehead atoms. The highest BCUT2D eigenvalue weighted by Crippen LogP contribution is 2.15. The number of imidazole rings is 1. The van der Waals surface area contributed by atoms with E-state index in [1.165, 1.54) is 4.90 Å². The van der Waals surface area contributed by atoms with Gasteiger partial charge in [0.2, 0.25) is 11.8 Å². The lowest BCUT2D eigenvalue weighted by Gasteiger charge is -2.14. The van der Waals surface area contributed by atoms with Crippen LogP contribution in [0.25, 0.3) is 11.0 Å². The van der Waals surface area contributed by atoms with E-state index in [2.05, 4.69) is 20.1 Å². The monoisotopic (exact) mass is 343 g/mol. The lowest BCUT2D eigenvalue weighted by molar-refractivity contribution is -0.135. The highest BCUT2D eigenvalue weighted by Gasteiger charge is 2.14. The first-order valence-corrected chi connectivity index (χ1v) is 8.14. The fourth-order valence-corrected chi connectivity index (χ4v) is 2.44. The van der Waals surface area contributed by atoms with Crippen LogP contribution in [0.4, 0.5) is 0 Å². The molecule has 3 aromatic rings. The maximum absolute atomic E-state index is 12.1. The van der Waals surface area contributed by atoms with Gasteiger partial charge in [0.15, 0.2) is 5.82 Å². The number of carbonyl (C=O) groups is 1. The van der Waals surface area contributed by atoms with Gasteiger partial charge in [-0.2, -0.15) is 4.98 Å². The second-order valence-corrected chi connectivity index (χ2v) is 5.86. The summed E-state index contributed by atoms with van der Waals surface area (Å²) >= 11 is 0. The highest BCUT2D eigenvalue weighted by molar-refractivity contribution is 5.78. The molecule has 2 heterocycles. The summed E-state index contributed by atoms with van der Waals surface area (Å²) in [6, 6.07) is 5.95. The predicted octanol–water partition coefficient (Wildman–Crippen LogP) is 1.99. The van der Waals surface area contributed by atoms with Crippen LogP contribution in [0.5, 0.6) is 0 Å². The Morgan fingerprint density at radius 2 is 2.20 bits per heavy atom. The zero-order valence-electron chi connectivity index (χ0n) is 14.6. The molecule has 0 radical (unpaired) electrons. The van der Waals surface area contributed by atoms with Gasteiger partial charge in [-0.1, -0.05) is 24.2 Å². The first kappa shape index (κ1) is 17.1. The Hall–Kier alpha value is -2.74. The summed E-state index contributed by atoms with van der Waals surface area (Å²) in [4.78, 5) is 25.5. The van der Waals surface area contributed by atoms with Crippen molar-refractivity contribution in [2.45, 2.75) is 33.4 Å². The Morgan fingerprint density at radius 1 is 1.36 bits per heavy atom. The van der Waals surface area contributed by atoms with Crippen LogP contribution >= 0.6 is 0 Å². The average molecular weight is 343 g/mol. The third-order valence-electron chi connectivity index (χ3n) is 3.84. The number of aryl methyl sites for hydroxylation is 2. The van der Waals surface area contributed by atoms with Gasteiger partial charge in [0.25, 0.3) is 0 Å². The molecule has 25 heavy (non-hydrogen) atoms. The zero-order valence-corrected chi connectivity index (χ0v) is 14.6. The standard InChI is InChI=1S/C17H21N5O3/c1-4-15-19-13(21-25-15)8-22(3)16(23)10-24-9-14-18-12-7-5-6-11(2)17(12)20-14/h5-7H,4,8-10H2,1-3H3,(H,18,20). The van der Waals surface area contributed by atoms with Crippen LogP contribution < -0.4 is 0 Å². The molecule has 0 atom stereocenters. The summed E-state index contributed by atoms with van der Waals surface area (Å²) in [5, 5.41) is 3.83. The molecular formula is C17H21N5O3. The fraction of sp³-hybridized carbons (Fsp3) is 0.412. The molecule has 1 aromatic carbocycles. The zero-order chi connectivity index (χ0) is 17.8. The lowest BCUT2D eigenvalue weighted by Crippen LogP contribution is -2.30. The molecule has 0 aliphatic carbocycles. The number of para-hydroxylation sites is 1. The highest BCUT2D eigenvalue weighted by atomic mass is 16.5. The van der Waals surface area contributed by atoms with E-state index < -0.39 is 0 Å². The number of carbonyl (C=O) groups excluding carboxylic acids is 1. The number of rotatable bonds is 7. The van der Waals surface area contributed by atoms with Crippen molar-refractivity contribution in [1.82, 2.24) is 25.0 Å². The summed E-state index contributed by atoms with van der Waals surface area (Å²) < 4.78 is 10.5. The minimum Gasteiger partial charge on any atom is -0.364 e. The molecule has 1 N–H and O–H groups in total. The molecule has 0 fully saturated rings. The number of H-pyrrole nitrogens is 1. The smallest absolute Gasteiger partial charge is 0.248 e. The van der Waals surface area contributed by atoms with Crippen molar-refractivity contribution in [3.63, 3.8) is 0 Å².